The monoisotopic (exact) mass is 248 g/mol. The van der Waals surface area contributed by atoms with E-state index in [9.17, 15) is 0 Å². The van der Waals surface area contributed by atoms with Crippen molar-refractivity contribution in [2.45, 2.75) is 19.8 Å². The van der Waals surface area contributed by atoms with Crippen molar-refractivity contribution in [2.75, 3.05) is 31.6 Å². The van der Waals surface area contributed by atoms with Crippen LogP contribution in [0.1, 0.15) is 19.8 Å². The highest BCUT2D eigenvalue weighted by Crippen LogP contribution is 2.29. The molecule has 1 fully saturated rings. The molecule has 0 spiro atoms. The molecule has 100 valence electrons. The predicted octanol–water partition coefficient (Wildman–Crippen LogP) is 2.51. The third-order valence-electron chi connectivity index (χ3n) is 3.84. The van der Waals surface area contributed by atoms with Crippen LogP contribution >= 0.6 is 0 Å². The molecule has 1 aliphatic rings. The van der Waals surface area contributed by atoms with Crippen LogP contribution in [0.2, 0.25) is 0 Å². The first-order valence-electron chi connectivity index (χ1n) is 6.82. The van der Waals surface area contributed by atoms with Gasteiger partial charge in [-0.3, -0.25) is 0 Å². The van der Waals surface area contributed by atoms with Gasteiger partial charge >= 0.3 is 0 Å². The van der Waals surface area contributed by atoms with Crippen LogP contribution < -0.4 is 15.4 Å². The maximum Gasteiger partial charge on any atom is 0.120 e. The fraction of sp³-hybridized carbons (Fsp3) is 0.600. The van der Waals surface area contributed by atoms with Gasteiger partial charge in [-0.25, -0.2) is 0 Å². The number of rotatable bonds is 5. The molecule has 2 atom stereocenters. The molecular weight excluding hydrogens is 224 g/mol. The summed E-state index contributed by atoms with van der Waals surface area (Å²) in [5.41, 5.74) is 6.98. The number of benzene rings is 1. The molecule has 0 radical (unpaired) electrons. The lowest BCUT2D eigenvalue weighted by molar-refractivity contribution is 0.414. The minimum absolute atomic E-state index is 0.639. The van der Waals surface area contributed by atoms with E-state index in [4.69, 9.17) is 10.5 Å². The first-order chi connectivity index (χ1) is 8.72. The van der Waals surface area contributed by atoms with Gasteiger partial charge in [-0.1, -0.05) is 13.0 Å². The molecule has 1 aromatic carbocycles. The summed E-state index contributed by atoms with van der Waals surface area (Å²) in [5, 5.41) is 0. The molecule has 1 aromatic rings. The molecule has 1 saturated heterocycles. The maximum absolute atomic E-state index is 5.70. The van der Waals surface area contributed by atoms with E-state index < -0.39 is 0 Å². The summed E-state index contributed by atoms with van der Waals surface area (Å²) in [6, 6.07) is 8.34. The lowest BCUT2D eigenvalue weighted by atomic mass is 9.95. The minimum Gasteiger partial charge on any atom is -0.497 e. The molecule has 2 N–H and O–H groups in total. The van der Waals surface area contributed by atoms with Gasteiger partial charge in [-0.2, -0.15) is 0 Å². The standard InChI is InChI=1S/C15H24N2O/c1-12(10-16)8-13-6-7-17(11-13)14-4-3-5-15(9-14)18-2/h3-5,9,12-13H,6-8,10-11,16H2,1-2H3. The van der Waals surface area contributed by atoms with Crippen molar-refractivity contribution in [3.63, 3.8) is 0 Å². The predicted molar refractivity (Wildman–Crippen MR) is 76.1 cm³/mol. The van der Waals surface area contributed by atoms with E-state index in [1.54, 1.807) is 7.11 Å². The van der Waals surface area contributed by atoms with Crippen LogP contribution in [0.25, 0.3) is 0 Å². The Morgan fingerprint density at radius 1 is 1.50 bits per heavy atom. The second kappa shape index (κ2) is 6.10. The average Bonchev–Trinajstić information content (AvgIpc) is 2.87. The number of nitrogens with two attached hydrogens (primary N) is 1. The highest BCUT2D eigenvalue weighted by molar-refractivity contribution is 5.51. The first kappa shape index (κ1) is 13.2. The summed E-state index contributed by atoms with van der Waals surface area (Å²) >= 11 is 0. The number of nitrogens with zero attached hydrogens (tertiary/aromatic N) is 1. The molecular formula is C15H24N2O. The van der Waals surface area contributed by atoms with Crippen molar-refractivity contribution >= 4 is 5.69 Å². The van der Waals surface area contributed by atoms with Crippen LogP contribution in [0, 0.1) is 11.8 Å². The van der Waals surface area contributed by atoms with E-state index in [2.05, 4.69) is 30.0 Å². The Balaban J connectivity index is 1.95. The van der Waals surface area contributed by atoms with E-state index >= 15 is 0 Å². The van der Waals surface area contributed by atoms with Crippen LogP contribution in [0.3, 0.4) is 0 Å². The maximum atomic E-state index is 5.70. The summed E-state index contributed by atoms with van der Waals surface area (Å²) in [4.78, 5) is 2.45. The number of hydrogen-bond donors (Lipinski definition) is 1. The lowest BCUT2D eigenvalue weighted by Crippen LogP contribution is -2.21. The molecule has 0 bridgehead atoms. The fourth-order valence-corrected chi connectivity index (χ4v) is 2.73. The normalized spacial score (nSPS) is 21.1. The molecule has 1 aliphatic heterocycles. The van der Waals surface area contributed by atoms with Crippen molar-refractivity contribution in [3.05, 3.63) is 24.3 Å². The zero-order valence-corrected chi connectivity index (χ0v) is 11.4. The molecule has 3 heteroatoms. The van der Waals surface area contributed by atoms with Crippen molar-refractivity contribution in [1.82, 2.24) is 0 Å². The van der Waals surface area contributed by atoms with E-state index in [1.165, 1.54) is 18.5 Å². The molecule has 18 heavy (non-hydrogen) atoms. The third-order valence-corrected chi connectivity index (χ3v) is 3.84. The summed E-state index contributed by atoms with van der Waals surface area (Å²) in [7, 11) is 1.72. The second-order valence-corrected chi connectivity index (χ2v) is 5.38. The zero-order chi connectivity index (χ0) is 13.0. The van der Waals surface area contributed by atoms with Crippen LogP contribution in [0.4, 0.5) is 5.69 Å². The van der Waals surface area contributed by atoms with E-state index in [0.29, 0.717) is 5.92 Å². The Labute approximate surface area is 110 Å². The Morgan fingerprint density at radius 2 is 2.33 bits per heavy atom. The average molecular weight is 248 g/mol. The second-order valence-electron chi connectivity index (χ2n) is 5.38. The summed E-state index contributed by atoms with van der Waals surface area (Å²) < 4.78 is 5.28. The van der Waals surface area contributed by atoms with Crippen molar-refractivity contribution in [2.24, 2.45) is 17.6 Å². The van der Waals surface area contributed by atoms with Crippen LogP contribution in [0.15, 0.2) is 24.3 Å². The Kier molecular flexibility index (Phi) is 4.48. The highest BCUT2D eigenvalue weighted by Gasteiger charge is 2.24. The van der Waals surface area contributed by atoms with Crippen molar-refractivity contribution in [3.8, 4) is 5.75 Å². The van der Waals surface area contributed by atoms with Gasteiger partial charge in [0, 0.05) is 24.8 Å². The lowest BCUT2D eigenvalue weighted by Gasteiger charge is -2.20. The SMILES string of the molecule is COc1cccc(N2CCC(CC(C)CN)C2)c1. The van der Waals surface area contributed by atoms with Crippen molar-refractivity contribution in [1.29, 1.82) is 0 Å². The summed E-state index contributed by atoms with van der Waals surface area (Å²) in [6.45, 7) is 5.34. The van der Waals surface area contributed by atoms with Gasteiger partial charge in [0.1, 0.15) is 5.75 Å². The van der Waals surface area contributed by atoms with Gasteiger partial charge in [0.25, 0.3) is 0 Å². The largest absolute Gasteiger partial charge is 0.497 e. The Morgan fingerprint density at radius 3 is 3.06 bits per heavy atom. The number of methoxy groups -OCH3 is 1. The number of anilines is 1. The van der Waals surface area contributed by atoms with Gasteiger partial charge in [-0.15, -0.1) is 0 Å². The fourth-order valence-electron chi connectivity index (χ4n) is 2.73. The third kappa shape index (κ3) is 3.16. The Hall–Kier alpha value is -1.22. The number of hydrogen-bond acceptors (Lipinski definition) is 3. The molecule has 0 aromatic heterocycles. The van der Waals surface area contributed by atoms with Gasteiger partial charge < -0.3 is 15.4 Å². The topological polar surface area (TPSA) is 38.5 Å². The van der Waals surface area contributed by atoms with Gasteiger partial charge in [0.15, 0.2) is 0 Å². The summed E-state index contributed by atoms with van der Waals surface area (Å²) in [5.74, 6) is 2.36. The van der Waals surface area contributed by atoms with Gasteiger partial charge in [-0.05, 0) is 43.4 Å². The van der Waals surface area contributed by atoms with Gasteiger partial charge in [0.2, 0.25) is 0 Å². The summed E-state index contributed by atoms with van der Waals surface area (Å²) in [6.07, 6.45) is 2.53. The molecule has 0 saturated carbocycles. The van der Waals surface area contributed by atoms with Crippen LogP contribution in [0.5, 0.6) is 5.75 Å². The van der Waals surface area contributed by atoms with Gasteiger partial charge in [0.05, 0.1) is 7.11 Å². The quantitative estimate of drug-likeness (QED) is 0.870. The Bertz CT molecular complexity index is 381. The zero-order valence-electron chi connectivity index (χ0n) is 11.4. The van der Waals surface area contributed by atoms with E-state index in [0.717, 1.165) is 31.3 Å². The molecule has 0 aliphatic carbocycles. The van der Waals surface area contributed by atoms with E-state index in [-0.39, 0.29) is 0 Å². The van der Waals surface area contributed by atoms with Crippen molar-refractivity contribution < 1.29 is 4.74 Å². The van der Waals surface area contributed by atoms with Crippen LogP contribution in [-0.2, 0) is 0 Å². The van der Waals surface area contributed by atoms with E-state index in [1.807, 2.05) is 6.07 Å². The minimum atomic E-state index is 0.639. The number of ether oxygens (including phenoxy) is 1. The van der Waals surface area contributed by atoms with Crippen LogP contribution in [-0.4, -0.2) is 26.7 Å². The smallest absolute Gasteiger partial charge is 0.120 e. The molecule has 2 rings (SSSR count). The highest BCUT2D eigenvalue weighted by atomic mass is 16.5. The molecule has 1 heterocycles. The molecule has 0 amide bonds. The molecule has 3 nitrogen and oxygen atoms in total. The first-order valence-corrected chi connectivity index (χ1v) is 6.82. The molecule has 2 unspecified atom stereocenters.